The van der Waals surface area contributed by atoms with Gasteiger partial charge in [0.15, 0.2) is 0 Å². The van der Waals surface area contributed by atoms with Crippen molar-refractivity contribution in [3.05, 3.63) is 42.0 Å². The van der Waals surface area contributed by atoms with Gasteiger partial charge in [-0.3, -0.25) is 9.59 Å². The minimum Gasteiger partial charge on any atom is -0.350 e. The molecule has 0 radical (unpaired) electrons. The summed E-state index contributed by atoms with van der Waals surface area (Å²) in [4.78, 5) is 27.5. The lowest BCUT2D eigenvalue weighted by atomic mass is 9.94. The Labute approximate surface area is 157 Å². The van der Waals surface area contributed by atoms with Gasteiger partial charge in [0.25, 0.3) is 0 Å². The van der Waals surface area contributed by atoms with Crippen molar-refractivity contribution >= 4 is 17.4 Å². The molecule has 0 bridgehead atoms. The second-order valence-electron chi connectivity index (χ2n) is 8.16. The lowest BCUT2D eigenvalue weighted by Gasteiger charge is -2.40. The summed E-state index contributed by atoms with van der Waals surface area (Å²) in [6.45, 7) is 11.0. The monoisotopic (exact) mass is 356 g/mol. The predicted molar refractivity (Wildman–Crippen MR) is 106 cm³/mol. The zero-order chi connectivity index (χ0) is 19.3. The van der Waals surface area contributed by atoms with Gasteiger partial charge in [0.05, 0.1) is 0 Å². The van der Waals surface area contributed by atoms with E-state index >= 15 is 0 Å². The van der Waals surface area contributed by atoms with Crippen LogP contribution in [0.15, 0.2) is 36.4 Å². The first-order valence-corrected chi connectivity index (χ1v) is 9.62. The maximum Gasteiger partial charge on any atom is 0.247 e. The second-order valence-corrected chi connectivity index (χ2v) is 8.16. The van der Waals surface area contributed by atoms with E-state index in [0.717, 1.165) is 17.6 Å². The Morgan fingerprint density at radius 1 is 1.15 bits per heavy atom. The molecule has 0 aromatic heterocycles. The van der Waals surface area contributed by atoms with Crippen molar-refractivity contribution in [2.24, 2.45) is 11.8 Å². The molecule has 2 rings (SSSR count). The molecule has 1 N–H and O–H groups in total. The number of piperazine rings is 1. The zero-order valence-electron chi connectivity index (χ0n) is 16.7. The largest absolute Gasteiger partial charge is 0.350 e. The van der Waals surface area contributed by atoms with Gasteiger partial charge in [-0.15, -0.1) is 0 Å². The summed E-state index contributed by atoms with van der Waals surface area (Å²) in [6, 6.07) is 9.52. The van der Waals surface area contributed by atoms with E-state index in [9.17, 15) is 9.59 Å². The molecule has 1 aliphatic rings. The number of hydrogen-bond donors (Lipinski definition) is 1. The van der Waals surface area contributed by atoms with Crippen LogP contribution in [0.4, 0.5) is 0 Å². The Kier molecular flexibility index (Phi) is 7.01. The molecule has 142 valence electrons. The van der Waals surface area contributed by atoms with E-state index in [1.807, 2.05) is 37.3 Å². The predicted octanol–water partition coefficient (Wildman–Crippen LogP) is 3.88. The van der Waals surface area contributed by atoms with Gasteiger partial charge in [0.1, 0.15) is 6.04 Å². The van der Waals surface area contributed by atoms with Crippen molar-refractivity contribution in [2.45, 2.75) is 59.5 Å². The topological polar surface area (TPSA) is 49.4 Å². The highest BCUT2D eigenvalue weighted by molar-refractivity contribution is 5.98. The highest BCUT2D eigenvalue weighted by Gasteiger charge is 2.37. The SMILES string of the molecule is CC(=CC(=O)N1C[C@H](CC(C)C)NC(=O)[C@@H]1CC(C)C)c1ccccc1. The molecule has 0 spiro atoms. The minimum atomic E-state index is -0.384. The minimum absolute atomic E-state index is 0.0188. The molecular formula is C22H32N2O2. The molecule has 1 fully saturated rings. The van der Waals surface area contributed by atoms with Gasteiger partial charge in [-0.2, -0.15) is 0 Å². The van der Waals surface area contributed by atoms with Crippen LogP contribution in [0.5, 0.6) is 0 Å². The summed E-state index contributed by atoms with van der Waals surface area (Å²) in [5.41, 5.74) is 1.95. The Balaban J connectivity index is 2.23. The number of nitrogens with zero attached hydrogens (tertiary/aromatic N) is 1. The van der Waals surface area contributed by atoms with Crippen LogP contribution >= 0.6 is 0 Å². The summed E-state index contributed by atoms with van der Waals surface area (Å²) in [6.07, 6.45) is 3.24. The van der Waals surface area contributed by atoms with Gasteiger partial charge < -0.3 is 10.2 Å². The number of benzene rings is 1. The van der Waals surface area contributed by atoms with Gasteiger partial charge in [-0.05, 0) is 42.7 Å². The van der Waals surface area contributed by atoms with Crippen LogP contribution in [0.3, 0.4) is 0 Å². The summed E-state index contributed by atoms with van der Waals surface area (Å²) in [5.74, 6) is 0.734. The van der Waals surface area contributed by atoms with Crippen LogP contribution < -0.4 is 5.32 Å². The Hall–Kier alpha value is -2.10. The summed E-state index contributed by atoms with van der Waals surface area (Å²) in [7, 11) is 0. The van der Waals surface area contributed by atoms with E-state index in [4.69, 9.17) is 0 Å². The molecule has 26 heavy (non-hydrogen) atoms. The third kappa shape index (κ3) is 5.45. The van der Waals surface area contributed by atoms with E-state index in [0.29, 0.717) is 24.8 Å². The van der Waals surface area contributed by atoms with Crippen molar-refractivity contribution in [3.63, 3.8) is 0 Å². The van der Waals surface area contributed by atoms with E-state index in [1.165, 1.54) is 0 Å². The molecule has 1 heterocycles. The van der Waals surface area contributed by atoms with Crippen LogP contribution in [0.2, 0.25) is 0 Å². The van der Waals surface area contributed by atoms with Crippen molar-refractivity contribution in [2.75, 3.05) is 6.54 Å². The second kappa shape index (κ2) is 9.02. The van der Waals surface area contributed by atoms with Crippen LogP contribution in [-0.2, 0) is 9.59 Å². The molecule has 4 nitrogen and oxygen atoms in total. The van der Waals surface area contributed by atoms with E-state index in [2.05, 4.69) is 33.0 Å². The first-order chi connectivity index (χ1) is 12.3. The van der Waals surface area contributed by atoms with Crippen LogP contribution in [-0.4, -0.2) is 35.3 Å². The van der Waals surface area contributed by atoms with Crippen LogP contribution in [0.25, 0.3) is 5.57 Å². The number of hydrogen-bond acceptors (Lipinski definition) is 2. The Morgan fingerprint density at radius 2 is 1.77 bits per heavy atom. The number of carbonyl (C=O) groups excluding carboxylic acids is 2. The van der Waals surface area contributed by atoms with Crippen molar-refractivity contribution < 1.29 is 9.59 Å². The standard InChI is InChI=1S/C22H32N2O2/c1-15(2)11-19-14-24(20(12-16(3)4)22(26)23-19)21(25)13-17(5)18-9-7-6-8-10-18/h6-10,13,15-16,19-20H,11-12,14H2,1-5H3,(H,23,26)/t19-,20-/m0/s1. The first-order valence-electron chi connectivity index (χ1n) is 9.62. The fourth-order valence-electron chi connectivity index (χ4n) is 3.53. The fraction of sp³-hybridized carbons (Fsp3) is 0.545. The number of carbonyl (C=O) groups is 2. The lowest BCUT2D eigenvalue weighted by Crippen LogP contribution is -2.61. The molecule has 2 amide bonds. The highest BCUT2D eigenvalue weighted by atomic mass is 16.2. The average Bonchev–Trinajstić information content (AvgIpc) is 2.56. The molecule has 0 aliphatic carbocycles. The van der Waals surface area contributed by atoms with Gasteiger partial charge in [0, 0.05) is 18.7 Å². The van der Waals surface area contributed by atoms with Crippen molar-refractivity contribution in [1.29, 1.82) is 0 Å². The fourth-order valence-corrected chi connectivity index (χ4v) is 3.53. The van der Waals surface area contributed by atoms with E-state index in [-0.39, 0.29) is 23.9 Å². The zero-order valence-corrected chi connectivity index (χ0v) is 16.7. The molecule has 4 heteroatoms. The summed E-state index contributed by atoms with van der Waals surface area (Å²) >= 11 is 0. The molecule has 1 aromatic rings. The molecule has 0 saturated carbocycles. The smallest absolute Gasteiger partial charge is 0.247 e. The third-order valence-corrected chi connectivity index (χ3v) is 4.75. The highest BCUT2D eigenvalue weighted by Crippen LogP contribution is 2.21. The average molecular weight is 357 g/mol. The normalized spacial score (nSPS) is 21.3. The molecule has 2 atom stereocenters. The maximum absolute atomic E-state index is 13.0. The third-order valence-electron chi connectivity index (χ3n) is 4.75. The van der Waals surface area contributed by atoms with Crippen LogP contribution in [0.1, 0.15) is 53.0 Å². The molecule has 0 unspecified atom stereocenters. The Morgan fingerprint density at radius 3 is 2.35 bits per heavy atom. The number of rotatable bonds is 6. The number of amides is 2. The number of nitrogens with one attached hydrogen (secondary N) is 1. The molecule has 1 aliphatic heterocycles. The van der Waals surface area contributed by atoms with Crippen molar-refractivity contribution in [3.8, 4) is 0 Å². The van der Waals surface area contributed by atoms with Crippen LogP contribution in [0, 0.1) is 11.8 Å². The van der Waals surface area contributed by atoms with E-state index in [1.54, 1.807) is 11.0 Å². The molecular weight excluding hydrogens is 324 g/mol. The molecule has 1 saturated heterocycles. The summed E-state index contributed by atoms with van der Waals surface area (Å²) in [5, 5.41) is 3.12. The van der Waals surface area contributed by atoms with Gasteiger partial charge >= 0.3 is 0 Å². The lowest BCUT2D eigenvalue weighted by molar-refractivity contribution is -0.142. The van der Waals surface area contributed by atoms with Crippen molar-refractivity contribution in [1.82, 2.24) is 10.2 Å². The molecule has 1 aromatic carbocycles. The number of allylic oxidation sites excluding steroid dienone is 1. The van der Waals surface area contributed by atoms with Gasteiger partial charge in [-0.1, -0.05) is 58.0 Å². The first kappa shape index (κ1) is 20.2. The Bertz CT molecular complexity index is 649. The van der Waals surface area contributed by atoms with Gasteiger partial charge in [0.2, 0.25) is 11.8 Å². The van der Waals surface area contributed by atoms with Gasteiger partial charge in [-0.25, -0.2) is 0 Å². The quantitative estimate of drug-likeness (QED) is 0.787. The van der Waals surface area contributed by atoms with E-state index < -0.39 is 0 Å². The summed E-state index contributed by atoms with van der Waals surface area (Å²) < 4.78 is 0. The maximum atomic E-state index is 13.0.